The lowest BCUT2D eigenvalue weighted by molar-refractivity contribution is 0.351. The molecule has 0 aromatic carbocycles. The molecular weight excluding hydrogens is 136 g/mol. The molecule has 50 valence electrons. The third-order valence-electron chi connectivity index (χ3n) is 0.836. The number of rotatable bonds is 2. The molecule has 0 saturated heterocycles. The molecule has 0 bridgehead atoms. The van der Waals surface area contributed by atoms with Crippen LogP contribution in [-0.4, -0.2) is 11.6 Å². The van der Waals surface area contributed by atoms with E-state index in [-0.39, 0.29) is 0 Å². The number of nitrogen functional groups attached to an aromatic ring is 1. The van der Waals surface area contributed by atoms with Gasteiger partial charge in [-0.1, -0.05) is 11.3 Å². The molecule has 4 heteroatoms. The van der Waals surface area contributed by atoms with E-state index in [4.69, 9.17) is 10.5 Å². The average molecular weight is 144 g/mol. The highest BCUT2D eigenvalue weighted by Gasteiger charge is 1.99. The summed E-state index contributed by atoms with van der Waals surface area (Å²) >= 11 is 1.42. The Hall–Kier alpha value is -0.770. The second-order valence-corrected chi connectivity index (χ2v) is 2.28. The molecule has 0 amide bonds. The molecule has 0 aliphatic rings. The normalized spacial score (nSPS) is 9.44. The summed E-state index contributed by atoms with van der Waals surface area (Å²) in [6, 6.07) is 0. The van der Waals surface area contributed by atoms with E-state index in [1.807, 2.05) is 6.92 Å². The average Bonchev–Trinajstić information content (AvgIpc) is 2.18. The van der Waals surface area contributed by atoms with Crippen LogP contribution in [0.15, 0.2) is 5.51 Å². The second kappa shape index (κ2) is 2.68. The standard InChI is InChI=1S/C5H8N2OS/c1-2-8-5-4(6)7-3-9-5/h3H,2,6H2,1H3. The van der Waals surface area contributed by atoms with Gasteiger partial charge in [-0.15, -0.1) is 0 Å². The minimum absolute atomic E-state index is 0.488. The van der Waals surface area contributed by atoms with Crippen LogP contribution in [0.5, 0.6) is 5.06 Å². The maximum Gasteiger partial charge on any atom is 0.218 e. The van der Waals surface area contributed by atoms with E-state index in [1.165, 1.54) is 11.3 Å². The van der Waals surface area contributed by atoms with Crippen molar-refractivity contribution in [1.29, 1.82) is 0 Å². The number of nitrogens with two attached hydrogens (primary N) is 1. The highest BCUT2D eigenvalue weighted by Crippen LogP contribution is 2.24. The van der Waals surface area contributed by atoms with Crippen LogP contribution in [0.25, 0.3) is 0 Å². The first-order valence-corrected chi connectivity index (χ1v) is 3.54. The van der Waals surface area contributed by atoms with Crippen LogP contribution in [-0.2, 0) is 0 Å². The zero-order chi connectivity index (χ0) is 6.69. The van der Waals surface area contributed by atoms with Crippen molar-refractivity contribution < 1.29 is 4.74 Å². The summed E-state index contributed by atoms with van der Waals surface area (Å²) in [6.07, 6.45) is 0. The minimum atomic E-state index is 0.488. The van der Waals surface area contributed by atoms with Gasteiger partial charge in [0, 0.05) is 0 Å². The molecule has 2 N–H and O–H groups in total. The fourth-order valence-corrected chi connectivity index (χ4v) is 1.10. The van der Waals surface area contributed by atoms with Crippen LogP contribution in [0.4, 0.5) is 5.82 Å². The quantitative estimate of drug-likeness (QED) is 0.676. The van der Waals surface area contributed by atoms with Crippen molar-refractivity contribution in [2.24, 2.45) is 0 Å². The Labute approximate surface area is 57.5 Å². The van der Waals surface area contributed by atoms with Gasteiger partial charge in [0.1, 0.15) is 0 Å². The Balaban J connectivity index is 2.69. The Kier molecular flexibility index (Phi) is 1.89. The number of nitrogens with zero attached hydrogens (tertiary/aromatic N) is 1. The van der Waals surface area contributed by atoms with Crippen molar-refractivity contribution in [3.05, 3.63) is 5.51 Å². The fourth-order valence-electron chi connectivity index (χ4n) is 0.483. The van der Waals surface area contributed by atoms with Gasteiger partial charge in [-0.2, -0.15) is 0 Å². The van der Waals surface area contributed by atoms with Gasteiger partial charge in [-0.25, -0.2) is 4.98 Å². The van der Waals surface area contributed by atoms with Gasteiger partial charge in [-0.3, -0.25) is 0 Å². The molecule has 0 spiro atoms. The fraction of sp³-hybridized carbons (Fsp3) is 0.400. The Morgan fingerprint density at radius 3 is 3.11 bits per heavy atom. The maximum atomic E-state index is 5.40. The highest BCUT2D eigenvalue weighted by molar-refractivity contribution is 7.12. The van der Waals surface area contributed by atoms with Crippen molar-refractivity contribution in [3.8, 4) is 5.06 Å². The molecule has 1 heterocycles. The van der Waals surface area contributed by atoms with Gasteiger partial charge in [0.15, 0.2) is 5.82 Å². The molecule has 1 rings (SSSR count). The van der Waals surface area contributed by atoms with Gasteiger partial charge >= 0.3 is 0 Å². The largest absolute Gasteiger partial charge is 0.482 e. The highest BCUT2D eigenvalue weighted by atomic mass is 32.1. The van der Waals surface area contributed by atoms with Gasteiger partial charge in [0.2, 0.25) is 5.06 Å². The van der Waals surface area contributed by atoms with Crippen molar-refractivity contribution in [2.75, 3.05) is 12.3 Å². The summed E-state index contributed by atoms with van der Waals surface area (Å²) in [5.41, 5.74) is 7.07. The molecule has 0 atom stereocenters. The summed E-state index contributed by atoms with van der Waals surface area (Å²) in [4.78, 5) is 3.81. The van der Waals surface area contributed by atoms with Crippen molar-refractivity contribution in [3.63, 3.8) is 0 Å². The minimum Gasteiger partial charge on any atom is -0.482 e. The van der Waals surface area contributed by atoms with Gasteiger partial charge < -0.3 is 10.5 Å². The molecule has 0 saturated carbocycles. The second-order valence-electron chi connectivity index (χ2n) is 1.46. The number of anilines is 1. The van der Waals surface area contributed by atoms with E-state index < -0.39 is 0 Å². The van der Waals surface area contributed by atoms with Crippen LogP contribution >= 0.6 is 11.3 Å². The Morgan fingerprint density at radius 1 is 1.89 bits per heavy atom. The molecule has 0 unspecified atom stereocenters. The van der Waals surface area contributed by atoms with Crippen LogP contribution in [0.1, 0.15) is 6.92 Å². The molecule has 0 aliphatic heterocycles. The number of ether oxygens (including phenoxy) is 1. The first-order valence-electron chi connectivity index (χ1n) is 2.66. The van der Waals surface area contributed by atoms with Crippen LogP contribution in [0, 0.1) is 0 Å². The predicted octanol–water partition coefficient (Wildman–Crippen LogP) is 1.12. The zero-order valence-electron chi connectivity index (χ0n) is 5.13. The van der Waals surface area contributed by atoms with E-state index in [1.54, 1.807) is 5.51 Å². The summed E-state index contributed by atoms with van der Waals surface area (Å²) < 4.78 is 5.11. The first kappa shape index (κ1) is 6.35. The Bertz CT molecular complexity index is 187. The molecule has 0 fully saturated rings. The molecular formula is C5H8N2OS. The molecule has 3 nitrogen and oxygen atoms in total. The number of hydrogen-bond acceptors (Lipinski definition) is 4. The van der Waals surface area contributed by atoms with Gasteiger partial charge in [0.05, 0.1) is 12.1 Å². The predicted molar refractivity (Wildman–Crippen MR) is 37.7 cm³/mol. The molecule has 9 heavy (non-hydrogen) atoms. The molecule has 1 aromatic heterocycles. The van der Waals surface area contributed by atoms with Gasteiger partial charge in [0.25, 0.3) is 0 Å². The molecule has 0 radical (unpaired) electrons. The Morgan fingerprint density at radius 2 is 2.67 bits per heavy atom. The monoisotopic (exact) mass is 144 g/mol. The zero-order valence-corrected chi connectivity index (χ0v) is 5.94. The van der Waals surface area contributed by atoms with Crippen molar-refractivity contribution in [2.45, 2.75) is 6.92 Å². The van der Waals surface area contributed by atoms with Crippen molar-refractivity contribution in [1.82, 2.24) is 4.98 Å². The lowest BCUT2D eigenvalue weighted by atomic mass is 10.7. The van der Waals surface area contributed by atoms with Gasteiger partial charge in [-0.05, 0) is 6.92 Å². The number of hydrogen-bond donors (Lipinski definition) is 1. The molecule has 0 aliphatic carbocycles. The van der Waals surface area contributed by atoms with Crippen LogP contribution in [0.2, 0.25) is 0 Å². The SMILES string of the molecule is CCOc1scnc1N. The number of thiazole rings is 1. The summed E-state index contributed by atoms with van der Waals surface area (Å²) in [6.45, 7) is 2.56. The lowest BCUT2D eigenvalue weighted by Gasteiger charge is -1.96. The molecule has 1 aromatic rings. The van der Waals surface area contributed by atoms with Crippen LogP contribution in [0.3, 0.4) is 0 Å². The summed E-state index contributed by atoms with van der Waals surface area (Å²) in [5.74, 6) is 0.488. The smallest absolute Gasteiger partial charge is 0.218 e. The van der Waals surface area contributed by atoms with E-state index in [2.05, 4.69) is 4.98 Å². The van der Waals surface area contributed by atoms with E-state index in [0.717, 1.165) is 5.06 Å². The van der Waals surface area contributed by atoms with E-state index >= 15 is 0 Å². The summed E-state index contributed by atoms with van der Waals surface area (Å²) in [7, 11) is 0. The summed E-state index contributed by atoms with van der Waals surface area (Å²) in [5, 5.41) is 0.720. The van der Waals surface area contributed by atoms with Crippen LogP contribution < -0.4 is 10.5 Å². The van der Waals surface area contributed by atoms with E-state index in [9.17, 15) is 0 Å². The maximum absolute atomic E-state index is 5.40. The lowest BCUT2D eigenvalue weighted by Crippen LogP contribution is -1.93. The van der Waals surface area contributed by atoms with E-state index in [0.29, 0.717) is 12.4 Å². The first-order chi connectivity index (χ1) is 4.34. The van der Waals surface area contributed by atoms with Crippen molar-refractivity contribution >= 4 is 17.2 Å². The third kappa shape index (κ3) is 1.32. The number of aromatic nitrogens is 1. The topological polar surface area (TPSA) is 48.1 Å². The third-order valence-corrected chi connectivity index (χ3v) is 1.59.